The van der Waals surface area contributed by atoms with Crippen LogP contribution < -0.4 is 0 Å². The molecule has 0 unspecified atom stereocenters. The maximum Gasteiger partial charge on any atom is 0.102 e. The first-order chi connectivity index (χ1) is 10.0. The largest absolute Gasteiger partial charge is 0.396 e. The molecule has 0 aliphatic carbocycles. The molecule has 112 valence electrons. The van der Waals surface area contributed by atoms with Crippen molar-refractivity contribution in [3.63, 3.8) is 0 Å². The van der Waals surface area contributed by atoms with Crippen LogP contribution in [-0.4, -0.2) is 46.3 Å². The first kappa shape index (κ1) is 15.5. The summed E-state index contributed by atoms with van der Waals surface area (Å²) >= 11 is 0. The van der Waals surface area contributed by atoms with Gasteiger partial charge in [0.15, 0.2) is 0 Å². The third-order valence-corrected chi connectivity index (χ3v) is 3.73. The predicted molar refractivity (Wildman–Crippen MR) is 80.7 cm³/mol. The Morgan fingerprint density at radius 1 is 1.33 bits per heavy atom. The molecule has 2 heterocycles. The fourth-order valence-corrected chi connectivity index (χ4v) is 2.57. The molecular formula is C16H21N3O2. The van der Waals surface area contributed by atoms with Gasteiger partial charge in [0.05, 0.1) is 24.3 Å². The molecule has 0 fully saturated rings. The van der Waals surface area contributed by atoms with Crippen molar-refractivity contribution in [2.45, 2.75) is 13.5 Å². The van der Waals surface area contributed by atoms with Gasteiger partial charge in [-0.1, -0.05) is 13.0 Å². The van der Waals surface area contributed by atoms with Crippen molar-refractivity contribution >= 4 is 5.52 Å². The minimum absolute atomic E-state index is 0.0727. The Labute approximate surface area is 124 Å². The van der Waals surface area contributed by atoms with E-state index in [1.54, 1.807) is 0 Å². The van der Waals surface area contributed by atoms with Gasteiger partial charge in [0.25, 0.3) is 0 Å². The highest BCUT2D eigenvalue weighted by Gasteiger charge is 2.25. The molecule has 0 saturated carbocycles. The first-order valence-electron chi connectivity index (χ1n) is 6.92. The van der Waals surface area contributed by atoms with Crippen LogP contribution in [0.1, 0.15) is 18.1 Å². The monoisotopic (exact) mass is 287 g/mol. The van der Waals surface area contributed by atoms with Gasteiger partial charge in [0.1, 0.15) is 6.07 Å². The average Bonchev–Trinajstić information content (AvgIpc) is 2.83. The van der Waals surface area contributed by atoms with Crippen molar-refractivity contribution in [1.82, 2.24) is 9.30 Å². The molecule has 0 aromatic carbocycles. The maximum absolute atomic E-state index is 9.38. The molecule has 0 aliphatic heterocycles. The van der Waals surface area contributed by atoms with Crippen LogP contribution in [0.25, 0.3) is 5.52 Å². The van der Waals surface area contributed by atoms with E-state index in [0.29, 0.717) is 18.7 Å². The summed E-state index contributed by atoms with van der Waals surface area (Å²) in [6.45, 7) is 2.84. The Morgan fingerprint density at radius 2 is 2.05 bits per heavy atom. The molecule has 0 bridgehead atoms. The summed E-state index contributed by atoms with van der Waals surface area (Å²) in [5.41, 5.74) is 1.98. The second-order valence-electron chi connectivity index (χ2n) is 5.93. The van der Waals surface area contributed by atoms with Crippen LogP contribution in [-0.2, 0) is 6.54 Å². The molecule has 0 radical (unpaired) electrons. The summed E-state index contributed by atoms with van der Waals surface area (Å²) in [5, 5.41) is 28.1. The van der Waals surface area contributed by atoms with Crippen LogP contribution >= 0.6 is 0 Å². The number of aromatic nitrogens is 1. The number of nitrogens with zero attached hydrogens (tertiary/aromatic N) is 3. The van der Waals surface area contributed by atoms with E-state index in [9.17, 15) is 15.5 Å². The van der Waals surface area contributed by atoms with Crippen LogP contribution in [0.5, 0.6) is 0 Å². The number of hydrogen-bond acceptors (Lipinski definition) is 4. The lowest BCUT2D eigenvalue weighted by molar-refractivity contribution is 0.0402. The van der Waals surface area contributed by atoms with E-state index >= 15 is 0 Å². The molecule has 0 saturated heterocycles. The lowest BCUT2D eigenvalue weighted by Gasteiger charge is -2.30. The summed E-state index contributed by atoms with van der Waals surface area (Å²) in [4.78, 5) is 2.02. The van der Waals surface area contributed by atoms with E-state index in [1.807, 2.05) is 53.9 Å². The van der Waals surface area contributed by atoms with Gasteiger partial charge in [-0.2, -0.15) is 5.26 Å². The molecule has 2 rings (SSSR count). The number of hydrogen-bond donors (Lipinski definition) is 2. The van der Waals surface area contributed by atoms with Crippen molar-refractivity contribution in [3.05, 3.63) is 41.7 Å². The van der Waals surface area contributed by atoms with E-state index in [1.165, 1.54) is 0 Å². The summed E-state index contributed by atoms with van der Waals surface area (Å²) in [6.07, 6.45) is 3.88. The van der Waals surface area contributed by atoms with Crippen molar-refractivity contribution < 1.29 is 10.2 Å². The van der Waals surface area contributed by atoms with Crippen LogP contribution in [0, 0.1) is 16.7 Å². The smallest absolute Gasteiger partial charge is 0.102 e. The average molecular weight is 287 g/mol. The Balaban J connectivity index is 2.22. The topological polar surface area (TPSA) is 71.9 Å². The Morgan fingerprint density at radius 3 is 2.67 bits per heavy atom. The van der Waals surface area contributed by atoms with Crippen molar-refractivity contribution in [1.29, 1.82) is 5.26 Å². The SMILES string of the molecule is CN(Cc1cn2ccccc2c1C#N)CC(C)(CO)CO. The molecule has 0 amide bonds. The zero-order valence-corrected chi connectivity index (χ0v) is 12.5. The minimum Gasteiger partial charge on any atom is -0.396 e. The van der Waals surface area contributed by atoms with Crippen LogP contribution in [0.3, 0.4) is 0 Å². The van der Waals surface area contributed by atoms with E-state index in [4.69, 9.17) is 0 Å². The van der Waals surface area contributed by atoms with Crippen molar-refractivity contribution in [3.8, 4) is 6.07 Å². The number of aliphatic hydroxyl groups is 2. The van der Waals surface area contributed by atoms with Gasteiger partial charge in [0, 0.05) is 36.5 Å². The molecule has 2 aromatic heterocycles. The van der Waals surface area contributed by atoms with Crippen LogP contribution in [0.2, 0.25) is 0 Å². The van der Waals surface area contributed by atoms with Gasteiger partial charge in [-0.25, -0.2) is 0 Å². The predicted octanol–water partition coefficient (Wildman–Crippen LogP) is 1.23. The first-order valence-corrected chi connectivity index (χ1v) is 6.92. The van der Waals surface area contributed by atoms with Gasteiger partial charge in [-0.15, -0.1) is 0 Å². The fourth-order valence-electron chi connectivity index (χ4n) is 2.57. The molecule has 21 heavy (non-hydrogen) atoms. The lowest BCUT2D eigenvalue weighted by Crippen LogP contribution is -2.38. The molecule has 5 heteroatoms. The molecule has 2 aromatic rings. The van der Waals surface area contributed by atoms with E-state index in [2.05, 4.69) is 6.07 Å². The fraction of sp³-hybridized carbons (Fsp3) is 0.438. The lowest BCUT2D eigenvalue weighted by atomic mass is 9.92. The summed E-state index contributed by atoms with van der Waals surface area (Å²) < 4.78 is 1.94. The molecule has 0 spiro atoms. The van der Waals surface area contributed by atoms with Crippen molar-refractivity contribution in [2.75, 3.05) is 26.8 Å². The summed E-state index contributed by atoms with van der Waals surface area (Å²) in [7, 11) is 1.92. The van der Waals surface area contributed by atoms with E-state index in [-0.39, 0.29) is 13.2 Å². The number of nitriles is 1. The number of aliphatic hydroxyl groups excluding tert-OH is 2. The third kappa shape index (κ3) is 3.24. The quantitative estimate of drug-likeness (QED) is 0.838. The van der Waals surface area contributed by atoms with E-state index in [0.717, 1.165) is 11.1 Å². The number of fused-ring (bicyclic) bond motifs is 1. The maximum atomic E-state index is 9.38. The van der Waals surface area contributed by atoms with Crippen LogP contribution in [0.15, 0.2) is 30.6 Å². The minimum atomic E-state index is -0.541. The normalized spacial score (nSPS) is 12.0. The summed E-state index contributed by atoms with van der Waals surface area (Å²) in [5.74, 6) is 0. The Bertz CT molecular complexity index is 653. The third-order valence-electron chi connectivity index (χ3n) is 3.73. The van der Waals surface area contributed by atoms with E-state index < -0.39 is 5.41 Å². The Kier molecular flexibility index (Phi) is 4.63. The number of pyridine rings is 1. The van der Waals surface area contributed by atoms with Gasteiger partial charge >= 0.3 is 0 Å². The highest BCUT2D eigenvalue weighted by Crippen LogP contribution is 2.21. The Hall–Kier alpha value is -1.87. The zero-order valence-electron chi connectivity index (χ0n) is 12.5. The second kappa shape index (κ2) is 6.27. The highest BCUT2D eigenvalue weighted by molar-refractivity contribution is 5.65. The molecule has 2 N–H and O–H groups in total. The molecular weight excluding hydrogens is 266 g/mol. The van der Waals surface area contributed by atoms with Crippen molar-refractivity contribution in [2.24, 2.45) is 5.41 Å². The standard InChI is InChI=1S/C16H21N3O2/c1-16(11-20,12-21)10-18(2)8-13-9-19-6-4-3-5-15(19)14(13)7-17/h3-6,9,20-21H,8,10-12H2,1-2H3. The summed E-state index contributed by atoms with van der Waals surface area (Å²) in [6, 6.07) is 8.03. The molecule has 5 nitrogen and oxygen atoms in total. The number of rotatable bonds is 6. The molecule has 0 atom stereocenters. The van der Waals surface area contributed by atoms with Gasteiger partial charge in [-0.3, -0.25) is 0 Å². The van der Waals surface area contributed by atoms with Gasteiger partial charge < -0.3 is 19.5 Å². The highest BCUT2D eigenvalue weighted by atomic mass is 16.3. The molecule has 0 aliphatic rings. The zero-order chi connectivity index (χ0) is 15.5. The second-order valence-corrected chi connectivity index (χ2v) is 5.93. The van der Waals surface area contributed by atoms with Crippen LogP contribution in [0.4, 0.5) is 0 Å². The van der Waals surface area contributed by atoms with Gasteiger partial charge in [-0.05, 0) is 19.2 Å². The van der Waals surface area contributed by atoms with Gasteiger partial charge in [0.2, 0.25) is 0 Å².